The van der Waals surface area contributed by atoms with E-state index in [0.717, 1.165) is 0 Å². The van der Waals surface area contributed by atoms with Crippen molar-refractivity contribution in [2.24, 2.45) is 0 Å². The second-order valence-electron chi connectivity index (χ2n) is 3.52. The number of carbonyl (C=O) groups is 1. The van der Waals surface area contributed by atoms with Gasteiger partial charge in [-0.25, -0.2) is 4.39 Å². The van der Waals surface area contributed by atoms with Gasteiger partial charge in [-0.3, -0.25) is 4.79 Å². The van der Waals surface area contributed by atoms with Gasteiger partial charge in [0.2, 0.25) is 0 Å². The van der Waals surface area contributed by atoms with Crippen LogP contribution in [0, 0.1) is 5.82 Å². The van der Waals surface area contributed by atoms with Gasteiger partial charge in [-0.1, -0.05) is 12.1 Å². The van der Waals surface area contributed by atoms with E-state index in [-0.39, 0.29) is 23.1 Å². The molecule has 1 aliphatic heterocycles. The minimum atomic E-state index is -0.283. The van der Waals surface area contributed by atoms with Gasteiger partial charge in [0.15, 0.2) is 0 Å². The standard InChI is InChI=1S/C11H11FO2S/c1-7-6-10(11(13)14-7)15-9-5-3-2-4-8(9)12/h2-5,7,10H,6H2,1H3/t7-,10+/m1/s1. The lowest BCUT2D eigenvalue weighted by Crippen LogP contribution is -2.09. The molecule has 0 unspecified atom stereocenters. The molecule has 0 N–H and O–H groups in total. The van der Waals surface area contributed by atoms with Crippen LogP contribution in [0.2, 0.25) is 0 Å². The predicted molar refractivity (Wildman–Crippen MR) is 56.2 cm³/mol. The molecule has 0 saturated carbocycles. The lowest BCUT2D eigenvalue weighted by atomic mass is 10.3. The second kappa shape index (κ2) is 4.23. The van der Waals surface area contributed by atoms with Crippen molar-refractivity contribution in [3.05, 3.63) is 30.1 Å². The molecule has 1 heterocycles. The zero-order chi connectivity index (χ0) is 10.8. The third kappa shape index (κ3) is 2.31. The Bertz CT molecular complexity index is 381. The zero-order valence-electron chi connectivity index (χ0n) is 8.27. The van der Waals surface area contributed by atoms with Gasteiger partial charge in [0.05, 0.1) is 0 Å². The number of benzene rings is 1. The van der Waals surface area contributed by atoms with Gasteiger partial charge in [0.1, 0.15) is 17.2 Å². The molecule has 0 spiro atoms. The molecule has 0 aromatic heterocycles. The molecule has 1 aliphatic rings. The fourth-order valence-corrected chi connectivity index (χ4v) is 2.67. The number of rotatable bonds is 2. The number of hydrogen-bond acceptors (Lipinski definition) is 3. The highest BCUT2D eigenvalue weighted by atomic mass is 32.2. The van der Waals surface area contributed by atoms with E-state index in [4.69, 9.17) is 4.74 Å². The van der Waals surface area contributed by atoms with Gasteiger partial charge >= 0.3 is 5.97 Å². The lowest BCUT2D eigenvalue weighted by molar-refractivity contribution is -0.140. The topological polar surface area (TPSA) is 26.3 Å². The van der Waals surface area contributed by atoms with E-state index >= 15 is 0 Å². The lowest BCUT2D eigenvalue weighted by Gasteiger charge is -2.05. The summed E-state index contributed by atoms with van der Waals surface area (Å²) in [6.45, 7) is 1.85. The largest absolute Gasteiger partial charge is 0.462 e. The van der Waals surface area contributed by atoms with Gasteiger partial charge in [0, 0.05) is 11.3 Å². The fourth-order valence-electron chi connectivity index (χ4n) is 1.51. The molecule has 4 heteroatoms. The van der Waals surface area contributed by atoms with E-state index in [0.29, 0.717) is 11.3 Å². The molecule has 0 amide bonds. The molecule has 2 rings (SSSR count). The molecule has 0 aliphatic carbocycles. The highest BCUT2D eigenvalue weighted by Crippen LogP contribution is 2.33. The van der Waals surface area contributed by atoms with E-state index in [2.05, 4.69) is 0 Å². The highest BCUT2D eigenvalue weighted by Gasteiger charge is 2.32. The minimum Gasteiger partial charge on any atom is -0.462 e. The Balaban J connectivity index is 2.09. The molecule has 1 aromatic carbocycles. The molecule has 0 radical (unpaired) electrons. The summed E-state index contributed by atoms with van der Waals surface area (Å²) >= 11 is 1.24. The molecular formula is C11H11FO2S. The van der Waals surface area contributed by atoms with E-state index in [1.54, 1.807) is 18.2 Å². The maximum Gasteiger partial charge on any atom is 0.319 e. The quantitative estimate of drug-likeness (QED) is 0.725. The third-order valence-corrected chi connectivity index (χ3v) is 3.49. The van der Waals surface area contributed by atoms with Crippen LogP contribution in [0.15, 0.2) is 29.2 Å². The van der Waals surface area contributed by atoms with Crippen molar-refractivity contribution in [3.8, 4) is 0 Å². The Morgan fingerprint density at radius 3 is 2.80 bits per heavy atom. The second-order valence-corrected chi connectivity index (χ2v) is 4.76. The Hall–Kier alpha value is -1.03. The Morgan fingerprint density at radius 1 is 1.47 bits per heavy atom. The molecular weight excluding hydrogens is 215 g/mol. The van der Waals surface area contributed by atoms with Gasteiger partial charge in [-0.2, -0.15) is 0 Å². The van der Waals surface area contributed by atoms with Crippen LogP contribution in [-0.2, 0) is 9.53 Å². The Morgan fingerprint density at radius 2 is 2.20 bits per heavy atom. The Labute approximate surface area is 91.8 Å². The van der Waals surface area contributed by atoms with Crippen LogP contribution in [0.3, 0.4) is 0 Å². The average molecular weight is 226 g/mol. The van der Waals surface area contributed by atoms with Gasteiger partial charge in [-0.15, -0.1) is 11.8 Å². The number of carbonyl (C=O) groups excluding carboxylic acids is 1. The SMILES string of the molecule is C[C@@H]1C[C@H](Sc2ccccc2F)C(=O)O1. The summed E-state index contributed by atoms with van der Waals surface area (Å²) in [5, 5.41) is -0.267. The van der Waals surface area contributed by atoms with E-state index in [9.17, 15) is 9.18 Å². The van der Waals surface area contributed by atoms with Crippen molar-refractivity contribution in [2.45, 2.75) is 29.6 Å². The van der Waals surface area contributed by atoms with Crippen molar-refractivity contribution in [1.29, 1.82) is 0 Å². The van der Waals surface area contributed by atoms with Crippen LogP contribution in [-0.4, -0.2) is 17.3 Å². The summed E-state index contributed by atoms with van der Waals surface area (Å²) in [7, 11) is 0. The maximum absolute atomic E-state index is 13.3. The van der Waals surface area contributed by atoms with Crippen molar-refractivity contribution in [3.63, 3.8) is 0 Å². The molecule has 0 bridgehead atoms. The number of hydrogen-bond donors (Lipinski definition) is 0. The van der Waals surface area contributed by atoms with E-state index < -0.39 is 0 Å². The number of cyclic esters (lactones) is 1. The fraction of sp³-hybridized carbons (Fsp3) is 0.364. The number of thioether (sulfide) groups is 1. The predicted octanol–water partition coefficient (Wildman–Crippen LogP) is 2.62. The summed E-state index contributed by atoms with van der Waals surface area (Å²) in [5.74, 6) is -0.523. The molecule has 1 fully saturated rings. The summed E-state index contributed by atoms with van der Waals surface area (Å²) in [6, 6.07) is 6.46. The number of esters is 1. The smallest absolute Gasteiger partial charge is 0.319 e. The molecule has 80 valence electrons. The van der Waals surface area contributed by atoms with Gasteiger partial charge < -0.3 is 4.74 Å². The van der Waals surface area contributed by atoms with Crippen LogP contribution in [0.4, 0.5) is 4.39 Å². The first-order chi connectivity index (χ1) is 7.16. The normalized spacial score (nSPS) is 25.3. The van der Waals surface area contributed by atoms with Crippen molar-refractivity contribution in [1.82, 2.24) is 0 Å². The molecule has 1 saturated heterocycles. The third-order valence-electron chi connectivity index (χ3n) is 2.23. The first kappa shape index (κ1) is 10.5. The summed E-state index contributed by atoms with van der Waals surface area (Å²) in [4.78, 5) is 11.8. The molecule has 2 nitrogen and oxygen atoms in total. The maximum atomic E-state index is 13.3. The van der Waals surface area contributed by atoms with Crippen molar-refractivity contribution >= 4 is 17.7 Å². The van der Waals surface area contributed by atoms with Crippen molar-refractivity contribution < 1.29 is 13.9 Å². The zero-order valence-corrected chi connectivity index (χ0v) is 9.09. The molecule has 1 aromatic rings. The minimum absolute atomic E-state index is 0.0539. The molecule has 15 heavy (non-hydrogen) atoms. The Kier molecular flexibility index (Phi) is 2.95. The summed E-state index contributed by atoms with van der Waals surface area (Å²) in [6.07, 6.45) is 0.597. The van der Waals surface area contributed by atoms with Crippen LogP contribution in [0.1, 0.15) is 13.3 Å². The van der Waals surface area contributed by atoms with E-state index in [1.165, 1.54) is 17.8 Å². The van der Waals surface area contributed by atoms with Crippen LogP contribution in [0.5, 0.6) is 0 Å². The first-order valence-electron chi connectivity index (χ1n) is 4.78. The van der Waals surface area contributed by atoms with Crippen LogP contribution in [0.25, 0.3) is 0 Å². The monoisotopic (exact) mass is 226 g/mol. The first-order valence-corrected chi connectivity index (χ1v) is 5.66. The summed E-state index contributed by atoms with van der Waals surface area (Å²) in [5.41, 5.74) is 0. The average Bonchev–Trinajstić information content (AvgIpc) is 2.49. The summed E-state index contributed by atoms with van der Waals surface area (Å²) < 4.78 is 18.3. The van der Waals surface area contributed by atoms with Crippen LogP contribution >= 0.6 is 11.8 Å². The highest BCUT2D eigenvalue weighted by molar-refractivity contribution is 8.00. The van der Waals surface area contributed by atoms with Crippen molar-refractivity contribution in [2.75, 3.05) is 0 Å². The number of halogens is 1. The van der Waals surface area contributed by atoms with Gasteiger partial charge in [-0.05, 0) is 19.1 Å². The molecule has 2 atom stereocenters. The van der Waals surface area contributed by atoms with Gasteiger partial charge in [0.25, 0.3) is 0 Å². The number of ether oxygens (including phenoxy) is 1. The van der Waals surface area contributed by atoms with E-state index in [1.807, 2.05) is 6.92 Å². The van der Waals surface area contributed by atoms with Crippen LogP contribution < -0.4 is 0 Å².